The third-order valence-corrected chi connectivity index (χ3v) is 4.40. The van der Waals surface area contributed by atoms with Crippen molar-refractivity contribution in [1.82, 2.24) is 0 Å². The Morgan fingerprint density at radius 1 is 0.481 bits per heavy atom. The Morgan fingerprint density at radius 3 is 1.41 bits per heavy atom. The molecular weight excluding hydrogens is 344 g/mol. The number of aliphatic hydroxyl groups is 1. The zero-order valence-corrected chi connectivity index (χ0v) is 18.1. The molecule has 0 aliphatic rings. The first-order valence-corrected chi connectivity index (χ1v) is 11.3. The molecule has 0 radical (unpaired) electrons. The molecule has 0 bridgehead atoms. The van der Waals surface area contributed by atoms with Crippen LogP contribution < -0.4 is 0 Å². The molecule has 0 fully saturated rings. The zero-order chi connectivity index (χ0) is 19.8. The van der Waals surface area contributed by atoms with Gasteiger partial charge < -0.3 is 24.1 Å². The number of hydrogen-bond donors (Lipinski definition) is 1. The maximum absolute atomic E-state index is 9.79. The molecule has 0 spiro atoms. The van der Waals surface area contributed by atoms with E-state index in [-0.39, 0.29) is 0 Å². The van der Waals surface area contributed by atoms with E-state index >= 15 is 0 Å². The van der Waals surface area contributed by atoms with Gasteiger partial charge in [0.05, 0.1) is 39.6 Å². The summed E-state index contributed by atoms with van der Waals surface area (Å²) in [7, 11) is 0. The molecule has 1 N–H and O–H groups in total. The van der Waals surface area contributed by atoms with E-state index < -0.39 is 6.10 Å². The smallest absolute Gasteiger partial charge is 0.101 e. The van der Waals surface area contributed by atoms with E-state index in [2.05, 4.69) is 13.8 Å². The van der Waals surface area contributed by atoms with Crippen LogP contribution in [0.15, 0.2) is 0 Å². The van der Waals surface area contributed by atoms with Crippen LogP contribution in [0.2, 0.25) is 0 Å². The molecule has 0 aromatic rings. The van der Waals surface area contributed by atoms with E-state index in [1.54, 1.807) is 0 Å². The van der Waals surface area contributed by atoms with Crippen LogP contribution in [-0.4, -0.2) is 64.1 Å². The normalized spacial score (nSPS) is 12.6. The summed E-state index contributed by atoms with van der Waals surface area (Å²) in [6.45, 7) is 8.92. The van der Waals surface area contributed by atoms with Gasteiger partial charge >= 0.3 is 0 Å². The lowest BCUT2D eigenvalue weighted by Crippen LogP contribution is -2.23. The van der Waals surface area contributed by atoms with Crippen molar-refractivity contribution in [2.45, 2.75) is 90.6 Å². The second-order valence-electron chi connectivity index (χ2n) is 7.21. The molecule has 1 atom stereocenters. The molecular formula is C22H46O5. The van der Waals surface area contributed by atoms with Crippen LogP contribution in [0.4, 0.5) is 0 Å². The van der Waals surface area contributed by atoms with Gasteiger partial charge in [0, 0.05) is 13.2 Å². The van der Waals surface area contributed by atoms with Crippen LogP contribution in [0, 0.1) is 0 Å². The summed E-state index contributed by atoms with van der Waals surface area (Å²) in [5.74, 6) is 0. The van der Waals surface area contributed by atoms with Gasteiger partial charge in [0.2, 0.25) is 0 Å². The Labute approximate surface area is 168 Å². The molecule has 0 aromatic carbocycles. The molecule has 0 aliphatic heterocycles. The first-order valence-electron chi connectivity index (χ1n) is 11.3. The second kappa shape index (κ2) is 23.8. The minimum absolute atomic E-state index is 0.300. The quantitative estimate of drug-likeness (QED) is 0.255. The lowest BCUT2D eigenvalue weighted by Gasteiger charge is -2.12. The first-order chi connectivity index (χ1) is 13.3. The fraction of sp³-hybridized carbons (Fsp3) is 1.00. The van der Waals surface area contributed by atoms with Crippen LogP contribution in [0.5, 0.6) is 0 Å². The van der Waals surface area contributed by atoms with Gasteiger partial charge in [0.15, 0.2) is 0 Å². The van der Waals surface area contributed by atoms with Gasteiger partial charge in [-0.05, 0) is 12.8 Å². The fourth-order valence-electron chi connectivity index (χ4n) is 2.72. The lowest BCUT2D eigenvalue weighted by atomic mass is 10.1. The number of unbranched alkanes of at least 4 members (excludes halogenated alkanes) is 9. The summed E-state index contributed by atoms with van der Waals surface area (Å²) >= 11 is 0. The zero-order valence-electron chi connectivity index (χ0n) is 18.1. The monoisotopic (exact) mass is 390 g/mol. The minimum Gasteiger partial charge on any atom is -0.388 e. The highest BCUT2D eigenvalue weighted by Gasteiger charge is 2.04. The van der Waals surface area contributed by atoms with Crippen molar-refractivity contribution >= 4 is 0 Å². The third-order valence-electron chi connectivity index (χ3n) is 4.40. The van der Waals surface area contributed by atoms with Gasteiger partial charge in [-0.2, -0.15) is 0 Å². The lowest BCUT2D eigenvalue weighted by molar-refractivity contribution is -0.0369. The summed E-state index contributed by atoms with van der Waals surface area (Å²) in [6.07, 6.45) is 13.3. The second-order valence-corrected chi connectivity index (χ2v) is 7.21. The topological polar surface area (TPSA) is 57.2 Å². The van der Waals surface area contributed by atoms with Crippen molar-refractivity contribution in [3.63, 3.8) is 0 Å². The van der Waals surface area contributed by atoms with Gasteiger partial charge in [-0.15, -0.1) is 0 Å². The van der Waals surface area contributed by atoms with Crippen molar-refractivity contribution in [3.05, 3.63) is 0 Å². The average molecular weight is 391 g/mol. The highest BCUT2D eigenvalue weighted by Crippen LogP contribution is 2.05. The maximum atomic E-state index is 9.79. The Balaban J connectivity index is 3.11. The van der Waals surface area contributed by atoms with E-state index in [4.69, 9.17) is 18.9 Å². The van der Waals surface area contributed by atoms with E-state index in [9.17, 15) is 5.11 Å². The molecule has 0 rings (SSSR count). The number of ether oxygens (including phenoxy) is 4. The van der Waals surface area contributed by atoms with Gasteiger partial charge in [-0.3, -0.25) is 0 Å². The van der Waals surface area contributed by atoms with Gasteiger partial charge in [-0.25, -0.2) is 0 Å². The molecule has 0 saturated heterocycles. The van der Waals surface area contributed by atoms with Gasteiger partial charge in [-0.1, -0.05) is 71.6 Å². The van der Waals surface area contributed by atoms with Gasteiger partial charge in [0.1, 0.15) is 6.10 Å². The standard InChI is InChI=1S/C22H46O5/c1-3-5-7-9-11-13-15-26-20-22(23)21-27-19-18-25-17-16-24-14-12-10-8-6-4-2/h22-23H,3-21H2,1-2H3. The summed E-state index contributed by atoms with van der Waals surface area (Å²) in [5, 5.41) is 9.79. The predicted molar refractivity (Wildman–Crippen MR) is 111 cm³/mol. The summed E-state index contributed by atoms with van der Waals surface area (Å²) in [4.78, 5) is 0. The molecule has 5 heteroatoms. The fourth-order valence-corrected chi connectivity index (χ4v) is 2.72. The van der Waals surface area contributed by atoms with Crippen LogP contribution >= 0.6 is 0 Å². The molecule has 0 aliphatic carbocycles. The van der Waals surface area contributed by atoms with Crippen LogP contribution in [0.3, 0.4) is 0 Å². The van der Waals surface area contributed by atoms with Crippen LogP contribution in [0.1, 0.15) is 84.5 Å². The summed E-state index contributed by atoms with van der Waals surface area (Å²) in [5.41, 5.74) is 0. The largest absolute Gasteiger partial charge is 0.388 e. The van der Waals surface area contributed by atoms with Crippen molar-refractivity contribution in [3.8, 4) is 0 Å². The Bertz CT molecular complexity index is 263. The van der Waals surface area contributed by atoms with Crippen molar-refractivity contribution in [1.29, 1.82) is 0 Å². The summed E-state index contributed by atoms with van der Waals surface area (Å²) in [6, 6.07) is 0. The Morgan fingerprint density at radius 2 is 0.852 bits per heavy atom. The molecule has 1 unspecified atom stereocenters. The molecule has 0 saturated carbocycles. The van der Waals surface area contributed by atoms with E-state index in [0.717, 1.165) is 26.1 Å². The Kier molecular flexibility index (Phi) is 23.7. The SMILES string of the molecule is CCCCCCCCOCC(O)COCCOCCOCCCCCCC. The molecule has 0 heterocycles. The Hall–Kier alpha value is -0.200. The predicted octanol–water partition coefficient (Wildman–Crippen LogP) is 4.74. The van der Waals surface area contributed by atoms with Gasteiger partial charge in [0.25, 0.3) is 0 Å². The minimum atomic E-state index is -0.555. The summed E-state index contributed by atoms with van der Waals surface area (Å²) < 4.78 is 21.9. The maximum Gasteiger partial charge on any atom is 0.101 e. The molecule has 5 nitrogen and oxygen atoms in total. The van der Waals surface area contributed by atoms with Crippen molar-refractivity contribution < 1.29 is 24.1 Å². The molecule has 27 heavy (non-hydrogen) atoms. The average Bonchev–Trinajstić information content (AvgIpc) is 2.67. The highest BCUT2D eigenvalue weighted by atomic mass is 16.5. The van der Waals surface area contributed by atoms with Crippen LogP contribution in [0.25, 0.3) is 0 Å². The number of rotatable bonds is 23. The van der Waals surface area contributed by atoms with Crippen LogP contribution in [-0.2, 0) is 18.9 Å². The molecule has 0 aromatic heterocycles. The number of hydrogen-bond acceptors (Lipinski definition) is 5. The number of aliphatic hydroxyl groups excluding tert-OH is 1. The third kappa shape index (κ3) is 23.8. The first kappa shape index (κ1) is 26.8. The van der Waals surface area contributed by atoms with Crippen molar-refractivity contribution in [2.75, 3.05) is 52.9 Å². The molecule has 0 amide bonds. The van der Waals surface area contributed by atoms with Crippen molar-refractivity contribution in [2.24, 2.45) is 0 Å². The van der Waals surface area contributed by atoms with E-state index in [1.807, 2.05) is 0 Å². The van der Waals surface area contributed by atoms with E-state index in [0.29, 0.717) is 39.6 Å². The molecule has 164 valence electrons. The van der Waals surface area contributed by atoms with E-state index in [1.165, 1.54) is 57.8 Å². The highest BCUT2D eigenvalue weighted by molar-refractivity contribution is 4.52.